The second-order valence-corrected chi connectivity index (χ2v) is 16.3. The summed E-state index contributed by atoms with van der Waals surface area (Å²) in [5.74, 6) is 3.67. The molecule has 2 amide bonds. The third-order valence-electron chi connectivity index (χ3n) is 13.2. The van der Waals surface area contributed by atoms with Crippen molar-refractivity contribution in [2.45, 2.75) is 85.2 Å². The average molecular weight is 690 g/mol. The fraction of sp³-hybridized carbons (Fsp3) is 0.537. The second-order valence-electron chi connectivity index (χ2n) is 16.3. The van der Waals surface area contributed by atoms with Crippen molar-refractivity contribution >= 4 is 29.5 Å². The number of carbonyl (C=O) groups excluding carboxylic acids is 2. The molecule has 8 rings (SSSR count). The van der Waals surface area contributed by atoms with Crippen LogP contribution in [-0.4, -0.2) is 65.1 Å². The van der Waals surface area contributed by atoms with Gasteiger partial charge < -0.3 is 30.8 Å². The highest BCUT2D eigenvalue weighted by atomic mass is 16.2. The maximum absolute atomic E-state index is 13.8. The quantitative estimate of drug-likeness (QED) is 0.175. The smallest absolute Gasteiger partial charge is 0.253 e. The zero-order chi connectivity index (χ0) is 35.7. The normalized spacial score (nSPS) is 26.9. The Morgan fingerprint density at radius 3 is 2.41 bits per heavy atom. The minimum Gasteiger partial charge on any atom is -0.382 e. The number of rotatable bonds is 12. The second kappa shape index (κ2) is 12.6. The van der Waals surface area contributed by atoms with Gasteiger partial charge in [0.15, 0.2) is 0 Å². The number of anilines is 2. The van der Waals surface area contributed by atoms with E-state index in [1.807, 2.05) is 51.2 Å². The highest BCUT2D eigenvalue weighted by Gasteiger charge is 2.87. The molecule has 5 aliphatic rings. The van der Waals surface area contributed by atoms with Crippen molar-refractivity contribution in [1.29, 1.82) is 5.41 Å². The summed E-state index contributed by atoms with van der Waals surface area (Å²) >= 11 is 0. The van der Waals surface area contributed by atoms with Gasteiger partial charge in [0.2, 0.25) is 5.91 Å². The van der Waals surface area contributed by atoms with Crippen LogP contribution in [0.25, 0.3) is 11.1 Å². The molecule has 10 heteroatoms. The average Bonchev–Trinajstić information content (AvgIpc) is 3.07. The van der Waals surface area contributed by atoms with Gasteiger partial charge in [0.25, 0.3) is 11.5 Å². The molecule has 2 aromatic heterocycles. The number of hydrogen-bond donors (Lipinski definition) is 4. The van der Waals surface area contributed by atoms with Gasteiger partial charge in [0.05, 0.1) is 5.56 Å². The predicted molar refractivity (Wildman–Crippen MR) is 200 cm³/mol. The molecule has 3 aromatic rings. The molecule has 0 radical (unpaired) electrons. The van der Waals surface area contributed by atoms with Crippen LogP contribution in [0.5, 0.6) is 0 Å². The number of pyridine rings is 2. The molecule has 2 unspecified atom stereocenters. The van der Waals surface area contributed by atoms with Crippen LogP contribution in [0, 0.1) is 40.9 Å². The minimum atomic E-state index is -0.352. The molecule has 10 nitrogen and oxygen atoms in total. The van der Waals surface area contributed by atoms with Gasteiger partial charge in [-0.2, -0.15) is 0 Å². The Bertz CT molecular complexity index is 1920. The Hall–Kier alpha value is -4.47. The first-order valence-electron chi connectivity index (χ1n) is 19.0. The molecular formula is C41H51N7O3. The highest BCUT2D eigenvalue weighted by molar-refractivity contribution is 6.06. The van der Waals surface area contributed by atoms with Crippen LogP contribution in [0.4, 0.5) is 11.5 Å². The van der Waals surface area contributed by atoms with Gasteiger partial charge in [-0.3, -0.25) is 14.4 Å². The van der Waals surface area contributed by atoms with Crippen molar-refractivity contribution in [3.63, 3.8) is 0 Å². The first-order valence-corrected chi connectivity index (χ1v) is 19.0. The van der Waals surface area contributed by atoms with Crippen molar-refractivity contribution in [3.05, 3.63) is 74.8 Å². The van der Waals surface area contributed by atoms with E-state index in [4.69, 9.17) is 10.4 Å². The molecule has 1 spiro atoms. The first-order chi connectivity index (χ1) is 24.6. The Balaban J connectivity index is 0.953. The Morgan fingerprint density at radius 1 is 1.06 bits per heavy atom. The standard InChI is InChI=1S/C41H51N7O3/c1-5-6-26-13-25(4)46-39(51)34(26)23-44-38(50)32-14-28(15-35(33(32)21-42)45-24(2)3)27-7-8-36(43-22-27)47-9-11-48(12-10-47)37(49)20-40-18-30-16-29-17-31(19-40)41(29,30)40/h7-8,13-15,21-22,24,29-31,42,45H,5-6,9-12,16-20,23H2,1-4H3,(H,44,50)(H,46,51). The van der Waals surface area contributed by atoms with E-state index < -0.39 is 0 Å². The Kier molecular flexibility index (Phi) is 8.34. The fourth-order valence-corrected chi connectivity index (χ4v) is 11.1. The molecular weight excluding hydrogens is 638 g/mol. The Morgan fingerprint density at radius 2 is 1.80 bits per heavy atom. The molecule has 1 aliphatic heterocycles. The van der Waals surface area contributed by atoms with Crippen molar-refractivity contribution in [2.75, 3.05) is 36.4 Å². The first kappa shape index (κ1) is 33.7. The molecule has 5 fully saturated rings. The molecule has 1 aromatic carbocycles. The number of piperazine rings is 1. The van der Waals surface area contributed by atoms with E-state index in [1.54, 1.807) is 6.07 Å². The number of benzene rings is 1. The molecule has 4 aliphatic carbocycles. The van der Waals surface area contributed by atoms with Gasteiger partial charge in [0.1, 0.15) is 5.82 Å². The van der Waals surface area contributed by atoms with Gasteiger partial charge >= 0.3 is 0 Å². The Labute approximate surface area is 300 Å². The van der Waals surface area contributed by atoms with Crippen LogP contribution in [0.2, 0.25) is 0 Å². The third-order valence-corrected chi connectivity index (χ3v) is 13.2. The SMILES string of the molecule is CCCc1cc(C)[nH]c(=O)c1CNC(=O)c1cc(-c2ccc(N3CCN(C(=O)CC45CC6CC7CC(C4)C765)CC3)nc2)cc(NC(C)C)c1C=N. The van der Waals surface area contributed by atoms with Gasteiger partial charge in [-0.1, -0.05) is 13.3 Å². The van der Waals surface area contributed by atoms with Crippen molar-refractivity contribution < 1.29 is 9.59 Å². The lowest BCUT2D eigenvalue weighted by Gasteiger charge is -2.91. The molecule has 268 valence electrons. The zero-order valence-corrected chi connectivity index (χ0v) is 30.4. The predicted octanol–water partition coefficient (Wildman–Crippen LogP) is 5.92. The summed E-state index contributed by atoms with van der Waals surface area (Å²) in [6.07, 6.45) is 10.9. The molecule has 0 bridgehead atoms. The number of aryl methyl sites for hydroxylation is 2. The number of amides is 2. The van der Waals surface area contributed by atoms with Crippen LogP contribution in [0.1, 0.15) is 92.0 Å². The van der Waals surface area contributed by atoms with Crippen LogP contribution < -0.4 is 21.1 Å². The highest BCUT2D eigenvalue weighted by Crippen LogP contribution is 2.93. The maximum Gasteiger partial charge on any atom is 0.253 e. The lowest BCUT2D eigenvalue weighted by atomic mass is 9.13. The van der Waals surface area contributed by atoms with Gasteiger partial charge in [0, 0.05) is 85.7 Å². The number of carbonyl (C=O) groups is 2. The van der Waals surface area contributed by atoms with E-state index in [-0.39, 0.29) is 24.1 Å². The van der Waals surface area contributed by atoms with Crippen molar-refractivity contribution in [1.82, 2.24) is 20.2 Å². The van der Waals surface area contributed by atoms with E-state index in [0.29, 0.717) is 39.1 Å². The van der Waals surface area contributed by atoms with Crippen molar-refractivity contribution in [3.8, 4) is 11.1 Å². The molecule has 4 saturated carbocycles. The zero-order valence-electron chi connectivity index (χ0n) is 30.4. The van der Waals surface area contributed by atoms with E-state index in [1.165, 1.54) is 31.9 Å². The fourth-order valence-electron chi connectivity index (χ4n) is 11.1. The largest absolute Gasteiger partial charge is 0.382 e. The number of aromatic amines is 1. The summed E-state index contributed by atoms with van der Waals surface area (Å²) in [6, 6.07) is 9.85. The monoisotopic (exact) mass is 689 g/mol. The number of nitrogens with zero attached hydrogens (tertiary/aromatic N) is 3. The van der Waals surface area contributed by atoms with E-state index in [2.05, 4.69) is 32.3 Å². The summed E-state index contributed by atoms with van der Waals surface area (Å²) in [7, 11) is 0. The van der Waals surface area contributed by atoms with E-state index >= 15 is 0 Å². The number of nitrogens with one attached hydrogen (secondary N) is 4. The molecule has 51 heavy (non-hydrogen) atoms. The molecule has 4 N–H and O–H groups in total. The van der Waals surface area contributed by atoms with Crippen LogP contribution in [-0.2, 0) is 17.8 Å². The summed E-state index contributed by atoms with van der Waals surface area (Å²) in [5.41, 5.74) is 6.22. The minimum absolute atomic E-state index is 0.0765. The molecule has 3 heterocycles. The van der Waals surface area contributed by atoms with E-state index in [9.17, 15) is 14.4 Å². The molecule has 2 atom stereocenters. The third kappa shape index (κ3) is 5.30. The summed E-state index contributed by atoms with van der Waals surface area (Å²) < 4.78 is 0. The number of aromatic nitrogens is 2. The van der Waals surface area contributed by atoms with Crippen molar-refractivity contribution in [2.24, 2.45) is 28.6 Å². The maximum atomic E-state index is 13.8. The van der Waals surface area contributed by atoms with Gasteiger partial charge in [-0.05, 0) is 123 Å². The summed E-state index contributed by atoms with van der Waals surface area (Å²) in [5, 5.41) is 14.6. The van der Waals surface area contributed by atoms with Crippen LogP contribution in [0.3, 0.4) is 0 Å². The van der Waals surface area contributed by atoms with Gasteiger partial charge in [-0.25, -0.2) is 4.98 Å². The van der Waals surface area contributed by atoms with E-state index in [0.717, 1.165) is 91.4 Å². The lowest BCUT2D eigenvalue weighted by Crippen LogP contribution is -2.85. The lowest BCUT2D eigenvalue weighted by molar-refractivity contribution is -0.430. The van der Waals surface area contributed by atoms with Crippen LogP contribution in [0.15, 0.2) is 41.3 Å². The molecule has 1 saturated heterocycles. The number of hydrogen-bond acceptors (Lipinski definition) is 7. The summed E-state index contributed by atoms with van der Waals surface area (Å²) in [4.78, 5) is 52.1. The summed E-state index contributed by atoms with van der Waals surface area (Å²) in [6.45, 7) is 11.0. The topological polar surface area (TPSA) is 134 Å². The van der Waals surface area contributed by atoms with Gasteiger partial charge in [-0.15, -0.1) is 0 Å². The van der Waals surface area contributed by atoms with Crippen LogP contribution >= 0.6 is 0 Å². The number of H-pyrrole nitrogens is 1.